The summed E-state index contributed by atoms with van der Waals surface area (Å²) in [7, 11) is 0. The minimum atomic E-state index is 0.458. The Hall–Kier alpha value is -0.500. The van der Waals surface area contributed by atoms with Crippen molar-refractivity contribution in [2.45, 2.75) is 13.0 Å². The zero-order valence-corrected chi connectivity index (χ0v) is 4.49. The van der Waals surface area contributed by atoms with Gasteiger partial charge in [-0.1, -0.05) is 6.58 Å². The summed E-state index contributed by atoms with van der Waals surface area (Å²) in [5.41, 5.74) is 1.10. The molecule has 0 amide bonds. The van der Waals surface area contributed by atoms with Crippen LogP contribution in [0, 0.1) is 0 Å². The van der Waals surface area contributed by atoms with Crippen molar-refractivity contribution in [3.8, 4) is 0 Å². The number of hydrogen-bond donors (Lipinski definition) is 2. The van der Waals surface area contributed by atoms with Crippen molar-refractivity contribution in [3.63, 3.8) is 0 Å². The minimum Gasteiger partial charge on any atom is -0.375 e. The van der Waals surface area contributed by atoms with E-state index in [1.165, 1.54) is 0 Å². The quantitative estimate of drug-likeness (QED) is 0.447. The fraction of sp³-hybridized carbons (Fsp3) is 0.600. The summed E-state index contributed by atoms with van der Waals surface area (Å²) >= 11 is 0. The van der Waals surface area contributed by atoms with Crippen molar-refractivity contribution in [3.05, 3.63) is 12.3 Å². The molecule has 0 spiro atoms. The maximum absolute atomic E-state index is 3.76. The lowest BCUT2D eigenvalue weighted by Gasteiger charge is -1.97. The van der Waals surface area contributed by atoms with Gasteiger partial charge in [0.05, 0.1) is 6.67 Å². The van der Waals surface area contributed by atoms with Gasteiger partial charge in [0, 0.05) is 11.7 Å². The van der Waals surface area contributed by atoms with Gasteiger partial charge in [-0.3, -0.25) is 5.32 Å². The third kappa shape index (κ3) is 0.747. The third-order valence-corrected chi connectivity index (χ3v) is 1.25. The summed E-state index contributed by atoms with van der Waals surface area (Å²) in [4.78, 5) is 0. The van der Waals surface area contributed by atoms with E-state index in [2.05, 4.69) is 24.1 Å². The first kappa shape index (κ1) is 4.65. The van der Waals surface area contributed by atoms with E-state index in [0.717, 1.165) is 12.4 Å². The molecule has 1 fully saturated rings. The van der Waals surface area contributed by atoms with Crippen molar-refractivity contribution < 1.29 is 0 Å². The molecule has 0 radical (unpaired) electrons. The highest BCUT2D eigenvalue weighted by molar-refractivity contribution is 5.04. The molecule has 1 aliphatic rings. The smallest absolute Gasteiger partial charge is 0.0655 e. The largest absolute Gasteiger partial charge is 0.375 e. The van der Waals surface area contributed by atoms with Crippen molar-refractivity contribution in [2.75, 3.05) is 6.67 Å². The topological polar surface area (TPSA) is 24.1 Å². The van der Waals surface area contributed by atoms with E-state index in [-0.39, 0.29) is 0 Å². The monoisotopic (exact) mass is 98.1 g/mol. The van der Waals surface area contributed by atoms with Gasteiger partial charge in [-0.05, 0) is 6.92 Å². The Labute approximate surface area is 43.6 Å². The van der Waals surface area contributed by atoms with Crippen molar-refractivity contribution in [1.82, 2.24) is 10.6 Å². The molecule has 0 aliphatic carbocycles. The Morgan fingerprint density at radius 3 is 2.71 bits per heavy atom. The molecule has 2 heteroatoms. The van der Waals surface area contributed by atoms with Crippen LogP contribution in [0.4, 0.5) is 0 Å². The number of nitrogens with one attached hydrogen (secondary N) is 2. The molecule has 1 rings (SSSR count). The summed E-state index contributed by atoms with van der Waals surface area (Å²) in [6.45, 7) is 6.72. The molecule has 1 atom stereocenters. The molecule has 0 aromatic heterocycles. The van der Waals surface area contributed by atoms with E-state index in [1.54, 1.807) is 0 Å². The van der Waals surface area contributed by atoms with E-state index in [1.807, 2.05) is 0 Å². The van der Waals surface area contributed by atoms with Gasteiger partial charge in [-0.2, -0.15) is 0 Å². The highest BCUT2D eigenvalue weighted by Gasteiger charge is 2.09. The van der Waals surface area contributed by atoms with Crippen LogP contribution in [-0.4, -0.2) is 12.7 Å². The summed E-state index contributed by atoms with van der Waals surface area (Å²) in [5, 5.41) is 6.22. The van der Waals surface area contributed by atoms with Gasteiger partial charge in [-0.25, -0.2) is 0 Å². The molecule has 1 heterocycles. The van der Waals surface area contributed by atoms with Crippen molar-refractivity contribution in [1.29, 1.82) is 0 Å². The lowest BCUT2D eigenvalue weighted by Crippen LogP contribution is -2.17. The fourth-order valence-electron chi connectivity index (χ4n) is 0.594. The number of hydrogen-bond acceptors (Lipinski definition) is 2. The average Bonchev–Trinajstić information content (AvgIpc) is 1.91. The zero-order chi connectivity index (χ0) is 5.28. The van der Waals surface area contributed by atoms with Crippen LogP contribution in [0.2, 0.25) is 0 Å². The molecule has 0 saturated carbocycles. The molecule has 7 heavy (non-hydrogen) atoms. The van der Waals surface area contributed by atoms with Crippen molar-refractivity contribution >= 4 is 0 Å². The summed E-state index contributed by atoms with van der Waals surface area (Å²) in [5.74, 6) is 0. The first-order chi connectivity index (χ1) is 3.30. The van der Waals surface area contributed by atoms with Gasteiger partial charge in [0.25, 0.3) is 0 Å². The van der Waals surface area contributed by atoms with Gasteiger partial charge in [0.1, 0.15) is 0 Å². The molecular weight excluding hydrogens is 88.1 g/mol. The molecule has 0 aromatic carbocycles. The van der Waals surface area contributed by atoms with Gasteiger partial charge >= 0.3 is 0 Å². The highest BCUT2D eigenvalue weighted by Crippen LogP contribution is 1.96. The lowest BCUT2D eigenvalue weighted by molar-refractivity contribution is 0.714. The summed E-state index contributed by atoms with van der Waals surface area (Å²) in [6.07, 6.45) is 0. The predicted octanol–water partition coefficient (Wildman–Crippen LogP) is 0.0389. The van der Waals surface area contributed by atoms with E-state index in [0.29, 0.717) is 6.04 Å². The second kappa shape index (κ2) is 1.54. The molecule has 1 saturated heterocycles. The Kier molecular flexibility index (Phi) is 1.02. The predicted molar refractivity (Wildman–Crippen MR) is 29.7 cm³/mol. The third-order valence-electron chi connectivity index (χ3n) is 1.25. The van der Waals surface area contributed by atoms with E-state index in [4.69, 9.17) is 0 Å². The minimum absolute atomic E-state index is 0.458. The molecule has 2 nitrogen and oxygen atoms in total. The Bertz CT molecular complexity index is 88.1. The maximum Gasteiger partial charge on any atom is 0.0655 e. The fourth-order valence-corrected chi connectivity index (χ4v) is 0.594. The first-order valence-electron chi connectivity index (χ1n) is 2.47. The first-order valence-corrected chi connectivity index (χ1v) is 2.47. The Morgan fingerprint density at radius 1 is 1.86 bits per heavy atom. The van der Waals surface area contributed by atoms with E-state index >= 15 is 0 Å². The van der Waals surface area contributed by atoms with Crippen LogP contribution < -0.4 is 10.6 Å². The van der Waals surface area contributed by atoms with Crippen LogP contribution in [0.3, 0.4) is 0 Å². The molecule has 40 valence electrons. The second-order valence-electron chi connectivity index (χ2n) is 1.80. The second-order valence-corrected chi connectivity index (χ2v) is 1.80. The van der Waals surface area contributed by atoms with Crippen LogP contribution >= 0.6 is 0 Å². The Balaban J connectivity index is 2.48. The van der Waals surface area contributed by atoms with E-state index in [9.17, 15) is 0 Å². The summed E-state index contributed by atoms with van der Waals surface area (Å²) < 4.78 is 0. The molecule has 1 aliphatic heterocycles. The maximum atomic E-state index is 3.76. The van der Waals surface area contributed by atoms with Gasteiger partial charge in [0.2, 0.25) is 0 Å². The van der Waals surface area contributed by atoms with Crippen LogP contribution in [0.25, 0.3) is 0 Å². The number of rotatable bonds is 0. The lowest BCUT2D eigenvalue weighted by atomic mass is 10.3. The standard InChI is InChI=1S/C5H10N2/c1-4-5(2)7-3-6-4/h5-7H,1,3H2,2H3/t5-/m1/s1. The van der Waals surface area contributed by atoms with Crippen LogP contribution in [0.15, 0.2) is 12.3 Å². The normalized spacial score (nSPS) is 30.4. The molecule has 2 N–H and O–H groups in total. The SMILES string of the molecule is C=C1NCN[C@@H]1C. The molecule has 0 unspecified atom stereocenters. The highest BCUT2D eigenvalue weighted by atomic mass is 15.2. The van der Waals surface area contributed by atoms with Crippen molar-refractivity contribution in [2.24, 2.45) is 0 Å². The van der Waals surface area contributed by atoms with Crippen LogP contribution in [-0.2, 0) is 0 Å². The van der Waals surface area contributed by atoms with E-state index < -0.39 is 0 Å². The Morgan fingerprint density at radius 2 is 2.57 bits per heavy atom. The average molecular weight is 98.1 g/mol. The van der Waals surface area contributed by atoms with Crippen LogP contribution in [0.1, 0.15) is 6.92 Å². The molecule has 0 bridgehead atoms. The van der Waals surface area contributed by atoms with Gasteiger partial charge in [0.15, 0.2) is 0 Å². The molecular formula is C5H10N2. The van der Waals surface area contributed by atoms with Gasteiger partial charge in [-0.15, -0.1) is 0 Å². The molecule has 0 aromatic rings. The van der Waals surface area contributed by atoms with Crippen LogP contribution in [0.5, 0.6) is 0 Å². The zero-order valence-electron chi connectivity index (χ0n) is 4.49. The summed E-state index contributed by atoms with van der Waals surface area (Å²) in [6, 6.07) is 0.458. The van der Waals surface area contributed by atoms with Gasteiger partial charge < -0.3 is 5.32 Å².